The van der Waals surface area contributed by atoms with Crippen LogP contribution in [0.1, 0.15) is 11.0 Å². The zero-order chi connectivity index (χ0) is 17.2. The summed E-state index contributed by atoms with van der Waals surface area (Å²) in [7, 11) is -7.54. The van der Waals surface area contributed by atoms with E-state index in [1.165, 1.54) is 24.5 Å². The summed E-state index contributed by atoms with van der Waals surface area (Å²) in [5.41, 5.74) is 0. The molecule has 0 bridgehead atoms. The van der Waals surface area contributed by atoms with Crippen molar-refractivity contribution < 1.29 is 21.3 Å². The molecule has 3 rings (SSSR count). The molecule has 10 heteroatoms. The quantitative estimate of drug-likeness (QED) is 0.655. The third kappa shape index (κ3) is 3.47. The van der Waals surface area contributed by atoms with Crippen molar-refractivity contribution in [3.63, 3.8) is 0 Å². The van der Waals surface area contributed by atoms with Crippen LogP contribution in [0.15, 0.2) is 66.3 Å². The minimum absolute atomic E-state index is 0.134. The average molecular weight is 404 g/mol. The van der Waals surface area contributed by atoms with Crippen LogP contribution >= 0.6 is 22.7 Å². The lowest BCUT2D eigenvalue weighted by Gasteiger charge is -2.15. The highest BCUT2D eigenvalue weighted by Gasteiger charge is 2.33. The normalized spacial score (nSPS) is 13.8. The van der Waals surface area contributed by atoms with E-state index in [1.807, 2.05) is 0 Å². The fourth-order valence-corrected chi connectivity index (χ4v) is 7.06. The molecule has 3 aromatic rings. The highest BCUT2D eigenvalue weighted by atomic mass is 32.2. The second-order valence-corrected chi connectivity index (χ2v) is 11.0. The second-order valence-electron chi connectivity index (χ2n) is 4.77. The summed E-state index contributed by atoms with van der Waals surface area (Å²) in [6.45, 7) is -0.312. The van der Waals surface area contributed by atoms with Gasteiger partial charge in [0.1, 0.15) is 19.4 Å². The van der Waals surface area contributed by atoms with E-state index in [0.29, 0.717) is 0 Å². The number of thiophene rings is 2. The molecular weight excluding hydrogens is 390 g/mol. The summed E-state index contributed by atoms with van der Waals surface area (Å²) in [6, 6.07) is 9.29. The molecule has 1 N–H and O–H groups in total. The minimum atomic E-state index is -3.77. The molecule has 0 aromatic carbocycles. The van der Waals surface area contributed by atoms with Gasteiger partial charge in [-0.15, -0.1) is 22.7 Å². The number of rotatable bonds is 7. The van der Waals surface area contributed by atoms with Gasteiger partial charge in [-0.2, -0.15) is 0 Å². The monoisotopic (exact) mass is 403 g/mol. The molecule has 0 radical (unpaired) electrons. The Kier molecular flexibility index (Phi) is 4.92. The van der Waals surface area contributed by atoms with Gasteiger partial charge in [0.05, 0.1) is 6.26 Å². The van der Waals surface area contributed by atoms with Crippen molar-refractivity contribution in [1.29, 1.82) is 0 Å². The predicted octanol–water partition coefficient (Wildman–Crippen LogP) is 2.90. The van der Waals surface area contributed by atoms with Gasteiger partial charge in [-0.1, -0.05) is 12.1 Å². The fourth-order valence-electron chi connectivity index (χ4n) is 2.08. The van der Waals surface area contributed by atoms with Crippen molar-refractivity contribution >= 4 is 42.5 Å². The van der Waals surface area contributed by atoms with Gasteiger partial charge in [0.25, 0.3) is 0 Å². The molecule has 6 nitrogen and oxygen atoms in total. The third-order valence-electron chi connectivity index (χ3n) is 3.23. The van der Waals surface area contributed by atoms with Gasteiger partial charge in [-0.05, 0) is 35.0 Å². The summed E-state index contributed by atoms with van der Waals surface area (Å²) in [5.74, 6) is 0.192. The molecule has 0 aliphatic heterocycles. The van der Waals surface area contributed by atoms with Crippen molar-refractivity contribution in [1.82, 2.24) is 4.72 Å². The summed E-state index contributed by atoms with van der Waals surface area (Å²) in [5, 5.41) is 2.16. The molecule has 128 valence electrons. The summed E-state index contributed by atoms with van der Waals surface area (Å²) in [4.78, 5) is 0. The number of hydrogen-bond donors (Lipinski definition) is 1. The standard InChI is InChI=1S/C14H13NO5S4/c16-23(17,13-5-2-8-21-13)12(11-4-1-7-20-11)10-15-24(18,19)14-6-3-9-22-14/h1-9,12,15H,10H2/t12-/m0/s1. The van der Waals surface area contributed by atoms with Crippen molar-refractivity contribution in [3.05, 3.63) is 59.2 Å². The average Bonchev–Trinajstić information content (AvgIpc) is 3.28. The van der Waals surface area contributed by atoms with Crippen molar-refractivity contribution in [2.24, 2.45) is 0 Å². The van der Waals surface area contributed by atoms with Crippen LogP contribution in [0.3, 0.4) is 0 Å². The summed E-state index contributed by atoms with van der Waals surface area (Å²) in [6.07, 6.45) is 1.36. The first-order chi connectivity index (χ1) is 11.4. The van der Waals surface area contributed by atoms with Crippen LogP contribution in [0.2, 0.25) is 0 Å². The molecule has 3 aromatic heterocycles. The van der Waals surface area contributed by atoms with Crippen molar-refractivity contribution in [2.75, 3.05) is 6.54 Å². The first-order valence-corrected chi connectivity index (χ1v) is 11.5. The first kappa shape index (κ1) is 17.4. The maximum absolute atomic E-state index is 12.8. The second kappa shape index (κ2) is 6.81. The molecule has 0 saturated carbocycles. The summed E-state index contributed by atoms with van der Waals surface area (Å²) < 4.78 is 58.0. The Bertz CT molecular complexity index is 972. The molecule has 0 unspecified atom stereocenters. The van der Waals surface area contributed by atoms with Crippen LogP contribution in [0, 0.1) is 0 Å². The first-order valence-electron chi connectivity index (χ1n) is 6.75. The van der Waals surface area contributed by atoms with E-state index in [0.717, 1.165) is 22.7 Å². The van der Waals surface area contributed by atoms with Crippen molar-refractivity contribution in [3.8, 4) is 0 Å². The van der Waals surface area contributed by atoms with Gasteiger partial charge in [-0.25, -0.2) is 21.6 Å². The van der Waals surface area contributed by atoms with E-state index < -0.39 is 25.1 Å². The highest BCUT2D eigenvalue weighted by Crippen LogP contribution is 2.31. The lowest BCUT2D eigenvalue weighted by atomic mass is 10.3. The van der Waals surface area contributed by atoms with E-state index in [9.17, 15) is 16.8 Å². The lowest BCUT2D eigenvalue weighted by molar-refractivity contribution is 0.487. The molecule has 3 heterocycles. The molecule has 0 fully saturated rings. The Morgan fingerprint density at radius 1 is 0.958 bits per heavy atom. The van der Waals surface area contributed by atoms with E-state index in [-0.39, 0.29) is 20.7 Å². The van der Waals surface area contributed by atoms with E-state index >= 15 is 0 Å². The van der Waals surface area contributed by atoms with Gasteiger partial charge in [0, 0.05) is 6.54 Å². The molecule has 1 atom stereocenters. The van der Waals surface area contributed by atoms with E-state index in [1.54, 1.807) is 29.0 Å². The molecule has 0 aliphatic carbocycles. The zero-order valence-electron chi connectivity index (χ0n) is 12.2. The molecule has 0 aliphatic rings. The Labute approximate surface area is 147 Å². The Hall–Kier alpha value is -1.46. The Balaban J connectivity index is 1.90. The van der Waals surface area contributed by atoms with Gasteiger partial charge in [-0.3, -0.25) is 0 Å². The third-order valence-corrected chi connectivity index (χ3v) is 9.54. The SMILES string of the molecule is O=S(=O)(NC[C@@H](c1ccco1)S(=O)(=O)c1cccs1)c1cccs1. The maximum atomic E-state index is 12.8. The molecule has 24 heavy (non-hydrogen) atoms. The fraction of sp³-hybridized carbons (Fsp3) is 0.143. The van der Waals surface area contributed by atoms with E-state index in [4.69, 9.17) is 4.42 Å². The van der Waals surface area contributed by atoms with Crippen molar-refractivity contribution in [2.45, 2.75) is 13.7 Å². The van der Waals surface area contributed by atoms with Crippen LogP contribution in [0.25, 0.3) is 0 Å². The van der Waals surface area contributed by atoms with Crippen LogP contribution in [0.4, 0.5) is 0 Å². The summed E-state index contributed by atoms with van der Waals surface area (Å²) >= 11 is 2.14. The van der Waals surface area contributed by atoms with Gasteiger partial charge < -0.3 is 4.42 Å². The van der Waals surface area contributed by atoms with Gasteiger partial charge in [0.15, 0.2) is 9.84 Å². The van der Waals surface area contributed by atoms with Crippen LogP contribution in [-0.2, 0) is 19.9 Å². The smallest absolute Gasteiger partial charge is 0.250 e. The lowest BCUT2D eigenvalue weighted by Crippen LogP contribution is -2.31. The minimum Gasteiger partial charge on any atom is -0.468 e. The number of furan rings is 1. The number of hydrogen-bond acceptors (Lipinski definition) is 7. The van der Waals surface area contributed by atoms with E-state index in [2.05, 4.69) is 4.72 Å². The topological polar surface area (TPSA) is 93.4 Å². The van der Waals surface area contributed by atoms with Gasteiger partial charge >= 0.3 is 0 Å². The van der Waals surface area contributed by atoms with Crippen LogP contribution in [-0.4, -0.2) is 23.4 Å². The molecular formula is C14H13NO5S4. The van der Waals surface area contributed by atoms with Crippen LogP contribution < -0.4 is 4.72 Å². The number of sulfone groups is 1. The number of nitrogens with one attached hydrogen (secondary N) is 1. The molecule has 0 saturated heterocycles. The largest absolute Gasteiger partial charge is 0.468 e. The number of sulfonamides is 1. The van der Waals surface area contributed by atoms with Crippen LogP contribution in [0.5, 0.6) is 0 Å². The molecule has 0 amide bonds. The zero-order valence-corrected chi connectivity index (χ0v) is 15.4. The maximum Gasteiger partial charge on any atom is 0.250 e. The molecule has 0 spiro atoms. The highest BCUT2D eigenvalue weighted by molar-refractivity contribution is 7.94. The Morgan fingerprint density at radius 3 is 2.17 bits per heavy atom. The van der Waals surface area contributed by atoms with Gasteiger partial charge in [0.2, 0.25) is 10.0 Å². The Morgan fingerprint density at radius 2 is 1.62 bits per heavy atom. The predicted molar refractivity (Wildman–Crippen MR) is 92.5 cm³/mol.